The highest BCUT2D eigenvalue weighted by atomic mass is 35.5. The van der Waals surface area contributed by atoms with Crippen molar-refractivity contribution in [2.24, 2.45) is 0 Å². The molecule has 3 aliphatic rings. The third-order valence-electron chi connectivity index (χ3n) is 7.02. The number of sulfone groups is 1. The Kier molecular flexibility index (Phi) is 5.55. The van der Waals surface area contributed by atoms with E-state index in [4.69, 9.17) is 21.7 Å². The van der Waals surface area contributed by atoms with Crippen LogP contribution in [0.3, 0.4) is 0 Å². The van der Waals surface area contributed by atoms with Crippen LogP contribution in [0.4, 0.5) is 5.69 Å². The van der Waals surface area contributed by atoms with E-state index in [1.165, 1.54) is 29.9 Å². The number of anilines is 1. The van der Waals surface area contributed by atoms with Crippen LogP contribution in [-0.4, -0.2) is 51.1 Å². The van der Waals surface area contributed by atoms with Gasteiger partial charge in [0.05, 0.1) is 16.3 Å². The first kappa shape index (κ1) is 22.2. The summed E-state index contributed by atoms with van der Waals surface area (Å²) in [5.74, 6) is -0.0211. The summed E-state index contributed by atoms with van der Waals surface area (Å²) in [6.45, 7) is 4.71. The fourth-order valence-electron chi connectivity index (χ4n) is 5.20. The van der Waals surface area contributed by atoms with E-state index in [9.17, 15) is 8.42 Å². The maximum Gasteiger partial charge on any atom is 0.166 e. The van der Waals surface area contributed by atoms with Crippen molar-refractivity contribution in [2.75, 3.05) is 37.0 Å². The molecule has 0 aliphatic carbocycles. The predicted molar refractivity (Wildman–Crippen MR) is 131 cm³/mol. The molecule has 2 N–H and O–H groups in total. The molecule has 0 radical (unpaired) electrons. The van der Waals surface area contributed by atoms with E-state index in [2.05, 4.69) is 34.5 Å². The van der Waals surface area contributed by atoms with Crippen molar-refractivity contribution in [3.63, 3.8) is 0 Å². The van der Waals surface area contributed by atoms with Gasteiger partial charge in [-0.15, -0.1) is 11.3 Å². The highest BCUT2D eigenvalue weighted by Gasteiger charge is 2.57. The van der Waals surface area contributed by atoms with Crippen LogP contribution in [0.25, 0.3) is 10.4 Å². The number of hydrogen-bond donors (Lipinski definition) is 2. The van der Waals surface area contributed by atoms with Gasteiger partial charge in [-0.3, -0.25) is 5.41 Å². The molecule has 6 nitrogen and oxygen atoms in total. The highest BCUT2D eigenvalue weighted by Crippen LogP contribution is 2.46. The Labute approximate surface area is 198 Å². The van der Waals surface area contributed by atoms with Crippen LogP contribution in [0.1, 0.15) is 37.5 Å². The maximum atomic E-state index is 13.5. The normalized spacial score (nSPS) is 26.9. The van der Waals surface area contributed by atoms with Crippen LogP contribution in [-0.2, 0) is 20.1 Å². The lowest BCUT2D eigenvalue weighted by atomic mass is 9.93. The average molecular weight is 494 g/mol. The standard InChI is InChI=1S/C23H28ClN3O3S2/c1-22(15-32(28,29)23(21(25)26-22)7-11-30-12-8-23)20-18(24)14-19(31-20)16-5-4-6-17(13-16)27-9-2-3-10-27/h4-6,13-14H,2-3,7-12,15H2,1H3,(H2,25,26)/t22-/m0/s1. The number of thiophene rings is 1. The highest BCUT2D eigenvalue weighted by molar-refractivity contribution is 7.93. The molecule has 9 heteroatoms. The molecule has 2 aromatic rings. The van der Waals surface area contributed by atoms with Crippen LogP contribution < -0.4 is 10.2 Å². The summed E-state index contributed by atoms with van der Waals surface area (Å²) in [5.41, 5.74) is 1.34. The zero-order valence-corrected chi connectivity index (χ0v) is 20.5. The Bertz CT molecular complexity index is 1150. The quantitative estimate of drug-likeness (QED) is 0.661. The van der Waals surface area contributed by atoms with E-state index in [1.54, 1.807) is 0 Å². The Hall–Kier alpha value is -1.61. The van der Waals surface area contributed by atoms with Crippen LogP contribution in [0, 0.1) is 5.41 Å². The fraction of sp³-hybridized carbons (Fsp3) is 0.522. The average Bonchev–Trinajstić information content (AvgIpc) is 3.43. The Morgan fingerprint density at radius 3 is 2.59 bits per heavy atom. The van der Waals surface area contributed by atoms with Gasteiger partial charge in [-0.2, -0.15) is 0 Å². The van der Waals surface area contributed by atoms with Crippen LogP contribution >= 0.6 is 22.9 Å². The van der Waals surface area contributed by atoms with Gasteiger partial charge in [0.15, 0.2) is 9.84 Å². The van der Waals surface area contributed by atoms with Gasteiger partial charge in [-0.1, -0.05) is 23.7 Å². The van der Waals surface area contributed by atoms with Crippen LogP contribution in [0.2, 0.25) is 5.02 Å². The topological polar surface area (TPSA) is 82.5 Å². The maximum absolute atomic E-state index is 13.5. The molecule has 172 valence electrons. The minimum atomic E-state index is -3.57. The summed E-state index contributed by atoms with van der Waals surface area (Å²) in [4.78, 5) is 4.16. The van der Waals surface area contributed by atoms with Gasteiger partial charge in [-0.05, 0) is 56.4 Å². The Morgan fingerprint density at radius 2 is 1.91 bits per heavy atom. The second-order valence-electron chi connectivity index (χ2n) is 9.23. The van der Waals surface area contributed by atoms with Gasteiger partial charge in [0.25, 0.3) is 0 Å². The lowest BCUT2D eigenvalue weighted by Gasteiger charge is -2.47. The predicted octanol–water partition coefficient (Wildman–Crippen LogP) is 4.43. The minimum Gasteiger partial charge on any atom is -0.381 e. The number of benzene rings is 1. The summed E-state index contributed by atoms with van der Waals surface area (Å²) in [6.07, 6.45) is 3.09. The van der Waals surface area contributed by atoms with Crippen molar-refractivity contribution in [1.29, 1.82) is 5.41 Å². The minimum absolute atomic E-state index is 0.0663. The second-order valence-corrected chi connectivity index (χ2v) is 13.0. The largest absolute Gasteiger partial charge is 0.381 e. The summed E-state index contributed by atoms with van der Waals surface area (Å²) in [6, 6.07) is 10.4. The molecule has 0 amide bonds. The molecule has 5 rings (SSSR count). The number of rotatable bonds is 3. The number of ether oxygens (including phenoxy) is 1. The zero-order valence-electron chi connectivity index (χ0n) is 18.1. The summed E-state index contributed by atoms with van der Waals surface area (Å²) >= 11 is 8.19. The van der Waals surface area contributed by atoms with E-state index < -0.39 is 20.1 Å². The van der Waals surface area contributed by atoms with Crippen LogP contribution in [0.5, 0.6) is 0 Å². The molecule has 4 heterocycles. The van der Waals surface area contributed by atoms with Gasteiger partial charge in [0, 0.05) is 41.7 Å². The van der Waals surface area contributed by atoms with Crippen molar-refractivity contribution < 1.29 is 13.2 Å². The van der Waals surface area contributed by atoms with Crippen LogP contribution in [0.15, 0.2) is 30.3 Å². The molecular weight excluding hydrogens is 466 g/mol. The second kappa shape index (κ2) is 8.01. The van der Waals surface area contributed by atoms with Gasteiger partial charge < -0.3 is 15.0 Å². The Morgan fingerprint density at radius 1 is 1.19 bits per heavy atom. The number of halogens is 1. The van der Waals surface area contributed by atoms with E-state index >= 15 is 0 Å². The lowest BCUT2D eigenvalue weighted by molar-refractivity contribution is 0.0862. The molecule has 1 aromatic carbocycles. The van der Waals surface area contributed by atoms with Gasteiger partial charge in [0.1, 0.15) is 10.6 Å². The molecule has 32 heavy (non-hydrogen) atoms. The summed E-state index contributed by atoms with van der Waals surface area (Å²) in [5, 5.41) is 12.5. The van der Waals surface area contributed by atoms with Gasteiger partial charge in [-0.25, -0.2) is 8.42 Å². The first-order valence-corrected chi connectivity index (χ1v) is 13.9. The smallest absolute Gasteiger partial charge is 0.166 e. The molecule has 3 fully saturated rings. The number of nitrogens with zero attached hydrogens (tertiary/aromatic N) is 1. The van der Waals surface area contributed by atoms with Crippen molar-refractivity contribution in [1.82, 2.24) is 5.32 Å². The van der Waals surface area contributed by atoms with E-state index in [0.717, 1.165) is 28.4 Å². The molecule has 3 saturated heterocycles. The van der Waals surface area contributed by atoms with Gasteiger partial charge >= 0.3 is 0 Å². The third-order valence-corrected chi connectivity index (χ3v) is 11.6. The Balaban J connectivity index is 1.48. The first-order valence-electron chi connectivity index (χ1n) is 11.1. The van der Waals surface area contributed by atoms with E-state index in [-0.39, 0.29) is 11.6 Å². The van der Waals surface area contributed by atoms with E-state index in [0.29, 0.717) is 31.1 Å². The fourth-order valence-corrected chi connectivity index (χ4v) is 9.34. The molecule has 1 atom stereocenters. The molecule has 0 saturated carbocycles. The summed E-state index contributed by atoms with van der Waals surface area (Å²) in [7, 11) is -3.57. The van der Waals surface area contributed by atoms with E-state index in [1.807, 2.05) is 13.0 Å². The van der Waals surface area contributed by atoms with Crippen molar-refractivity contribution in [3.05, 3.63) is 40.2 Å². The SMILES string of the molecule is C[C@@]1(c2sc(-c3cccc(N4CCCC4)c3)cc2Cl)CS(=O)(=O)C2(CCOCC2)C(=N)N1. The van der Waals surface area contributed by atoms with Crippen molar-refractivity contribution in [3.8, 4) is 10.4 Å². The molecule has 0 bridgehead atoms. The molecule has 1 aromatic heterocycles. The molecule has 0 unspecified atom stereocenters. The first-order chi connectivity index (χ1) is 15.2. The molecule has 1 spiro atoms. The zero-order chi connectivity index (χ0) is 22.6. The number of nitrogens with one attached hydrogen (secondary N) is 2. The van der Waals surface area contributed by atoms with Gasteiger partial charge in [0.2, 0.25) is 0 Å². The number of hydrogen-bond acceptors (Lipinski definition) is 6. The number of amidine groups is 1. The summed E-state index contributed by atoms with van der Waals surface area (Å²) < 4.78 is 31.1. The monoisotopic (exact) mass is 493 g/mol. The van der Waals surface area contributed by atoms with Crippen molar-refractivity contribution >= 4 is 44.3 Å². The molecular formula is C23H28ClN3O3S2. The third kappa shape index (κ3) is 3.56. The molecule has 3 aliphatic heterocycles. The lowest BCUT2D eigenvalue weighted by Crippen LogP contribution is -2.67. The van der Waals surface area contributed by atoms with Crippen molar-refractivity contribution in [2.45, 2.75) is 42.9 Å².